The van der Waals surface area contributed by atoms with Gasteiger partial charge < -0.3 is 20.5 Å². The van der Waals surface area contributed by atoms with Crippen LogP contribution >= 0.6 is 0 Å². The second-order valence-corrected chi connectivity index (χ2v) is 5.04. The Morgan fingerprint density at radius 1 is 1.05 bits per heavy atom. The van der Waals surface area contributed by atoms with Crippen LogP contribution in [0.5, 0.6) is 11.5 Å². The van der Waals surface area contributed by atoms with Gasteiger partial charge in [-0.15, -0.1) is 0 Å². The lowest BCUT2D eigenvalue weighted by Gasteiger charge is -2.09. The number of hydrogen-bond donors (Lipinski definition) is 2. The second kappa shape index (κ2) is 5.07. The summed E-state index contributed by atoms with van der Waals surface area (Å²) in [6.07, 6.45) is 1.54. The van der Waals surface area contributed by atoms with Gasteiger partial charge in [-0.05, 0) is 35.9 Å². The summed E-state index contributed by atoms with van der Waals surface area (Å²) < 4.78 is 10.7. The molecular weight excluding hydrogens is 280 g/mol. The van der Waals surface area contributed by atoms with Crippen molar-refractivity contribution >= 4 is 22.4 Å². The number of benzene rings is 2. The molecule has 0 amide bonds. The van der Waals surface area contributed by atoms with Crippen molar-refractivity contribution in [2.45, 2.75) is 6.54 Å². The number of hydrogen-bond acceptors (Lipinski definition) is 6. The summed E-state index contributed by atoms with van der Waals surface area (Å²) in [6, 6.07) is 11.5. The standard InChI is InChI=1S/C16H14N4O2/c17-11-2-3-13-12(6-11)16(20-8-19-13)18-7-10-1-4-14-15(5-10)22-9-21-14/h1-6,8H,7,9,17H2,(H,18,19,20). The van der Waals surface area contributed by atoms with Crippen LogP contribution < -0.4 is 20.5 Å². The summed E-state index contributed by atoms with van der Waals surface area (Å²) in [5.41, 5.74) is 8.48. The molecule has 6 heteroatoms. The molecule has 0 spiro atoms. The summed E-state index contributed by atoms with van der Waals surface area (Å²) in [5.74, 6) is 2.31. The molecule has 0 aliphatic carbocycles. The highest BCUT2D eigenvalue weighted by atomic mass is 16.7. The Hall–Kier alpha value is -3.02. The molecule has 0 unspecified atom stereocenters. The van der Waals surface area contributed by atoms with E-state index in [2.05, 4.69) is 15.3 Å². The van der Waals surface area contributed by atoms with Crippen LogP contribution in [0.4, 0.5) is 11.5 Å². The highest BCUT2D eigenvalue weighted by Crippen LogP contribution is 2.32. The monoisotopic (exact) mass is 294 g/mol. The van der Waals surface area contributed by atoms with Crippen LogP contribution in [0.15, 0.2) is 42.7 Å². The zero-order valence-electron chi connectivity index (χ0n) is 11.7. The molecule has 1 aliphatic heterocycles. The molecule has 2 aromatic carbocycles. The van der Waals surface area contributed by atoms with Crippen molar-refractivity contribution in [1.82, 2.24) is 9.97 Å². The van der Waals surface area contributed by atoms with E-state index in [-0.39, 0.29) is 6.79 Å². The maximum atomic E-state index is 5.85. The largest absolute Gasteiger partial charge is 0.454 e. The van der Waals surface area contributed by atoms with Crippen molar-refractivity contribution in [2.24, 2.45) is 0 Å². The molecule has 0 saturated heterocycles. The molecule has 4 rings (SSSR count). The average molecular weight is 294 g/mol. The van der Waals surface area contributed by atoms with Crippen molar-refractivity contribution < 1.29 is 9.47 Å². The number of nitrogens with one attached hydrogen (secondary N) is 1. The summed E-state index contributed by atoms with van der Waals surface area (Å²) in [4.78, 5) is 8.54. The van der Waals surface area contributed by atoms with E-state index in [4.69, 9.17) is 15.2 Å². The van der Waals surface area contributed by atoms with Gasteiger partial charge in [0.25, 0.3) is 0 Å². The van der Waals surface area contributed by atoms with Crippen LogP contribution in [-0.4, -0.2) is 16.8 Å². The minimum atomic E-state index is 0.280. The molecule has 1 aliphatic rings. The number of ether oxygens (including phenoxy) is 2. The van der Waals surface area contributed by atoms with Gasteiger partial charge >= 0.3 is 0 Å². The Morgan fingerprint density at radius 2 is 1.95 bits per heavy atom. The van der Waals surface area contributed by atoms with E-state index >= 15 is 0 Å². The number of nitrogens with two attached hydrogens (primary N) is 1. The van der Waals surface area contributed by atoms with Crippen molar-refractivity contribution in [2.75, 3.05) is 17.8 Å². The zero-order valence-corrected chi connectivity index (χ0v) is 11.7. The predicted octanol–water partition coefficient (Wildman–Crippen LogP) is 2.55. The predicted molar refractivity (Wildman–Crippen MR) is 83.8 cm³/mol. The van der Waals surface area contributed by atoms with Gasteiger partial charge in [0.1, 0.15) is 12.1 Å². The summed E-state index contributed by atoms with van der Waals surface area (Å²) in [5, 5.41) is 4.23. The Bertz CT molecular complexity index is 851. The van der Waals surface area contributed by atoms with E-state index in [0.717, 1.165) is 33.8 Å². The number of fused-ring (bicyclic) bond motifs is 2. The summed E-state index contributed by atoms with van der Waals surface area (Å²) in [6.45, 7) is 0.902. The Morgan fingerprint density at radius 3 is 2.91 bits per heavy atom. The highest BCUT2D eigenvalue weighted by molar-refractivity contribution is 5.91. The maximum Gasteiger partial charge on any atom is 0.231 e. The number of nitrogens with zero attached hydrogens (tertiary/aromatic N) is 2. The first-order valence-corrected chi connectivity index (χ1v) is 6.92. The van der Waals surface area contributed by atoms with Crippen molar-refractivity contribution in [3.05, 3.63) is 48.3 Å². The lowest BCUT2D eigenvalue weighted by Crippen LogP contribution is -2.03. The molecule has 22 heavy (non-hydrogen) atoms. The van der Waals surface area contributed by atoms with Crippen LogP contribution in [-0.2, 0) is 6.54 Å². The fourth-order valence-electron chi connectivity index (χ4n) is 2.45. The van der Waals surface area contributed by atoms with E-state index in [1.807, 2.05) is 36.4 Å². The SMILES string of the molecule is Nc1ccc2ncnc(NCc3ccc4c(c3)OCO4)c2c1. The molecule has 0 radical (unpaired) electrons. The number of aromatic nitrogens is 2. The third-order valence-corrected chi connectivity index (χ3v) is 3.56. The third-order valence-electron chi connectivity index (χ3n) is 3.56. The summed E-state index contributed by atoms with van der Waals surface area (Å²) >= 11 is 0. The van der Waals surface area contributed by atoms with Gasteiger partial charge in [0.2, 0.25) is 6.79 Å². The van der Waals surface area contributed by atoms with Crippen molar-refractivity contribution in [1.29, 1.82) is 0 Å². The van der Waals surface area contributed by atoms with Gasteiger partial charge in [0.05, 0.1) is 5.52 Å². The van der Waals surface area contributed by atoms with Gasteiger partial charge in [0, 0.05) is 17.6 Å². The maximum absolute atomic E-state index is 5.85. The number of nitrogen functional groups attached to an aromatic ring is 1. The minimum absolute atomic E-state index is 0.280. The first kappa shape index (κ1) is 12.7. The first-order chi connectivity index (χ1) is 10.8. The van der Waals surface area contributed by atoms with E-state index in [9.17, 15) is 0 Å². The van der Waals surface area contributed by atoms with Gasteiger partial charge in [-0.3, -0.25) is 0 Å². The van der Waals surface area contributed by atoms with Crippen molar-refractivity contribution in [3.8, 4) is 11.5 Å². The van der Waals surface area contributed by atoms with Crippen LogP contribution in [0.3, 0.4) is 0 Å². The third kappa shape index (κ3) is 2.24. The Labute approximate surface area is 126 Å². The Balaban J connectivity index is 1.60. The van der Waals surface area contributed by atoms with Crippen LogP contribution in [0, 0.1) is 0 Å². The van der Waals surface area contributed by atoms with Gasteiger partial charge in [0.15, 0.2) is 11.5 Å². The average Bonchev–Trinajstić information content (AvgIpc) is 3.00. The molecule has 0 saturated carbocycles. The highest BCUT2D eigenvalue weighted by Gasteiger charge is 2.13. The number of rotatable bonds is 3. The normalized spacial score (nSPS) is 12.5. The van der Waals surface area contributed by atoms with Crippen molar-refractivity contribution in [3.63, 3.8) is 0 Å². The molecule has 0 fully saturated rings. The molecule has 110 valence electrons. The fourth-order valence-corrected chi connectivity index (χ4v) is 2.45. The topological polar surface area (TPSA) is 82.3 Å². The second-order valence-electron chi connectivity index (χ2n) is 5.04. The molecule has 2 heterocycles. The van der Waals surface area contributed by atoms with Gasteiger partial charge in [-0.2, -0.15) is 0 Å². The van der Waals surface area contributed by atoms with Crippen LogP contribution in [0.1, 0.15) is 5.56 Å². The molecule has 0 bridgehead atoms. The van der Waals surface area contributed by atoms with Gasteiger partial charge in [-0.25, -0.2) is 9.97 Å². The molecule has 3 N–H and O–H groups in total. The van der Waals surface area contributed by atoms with E-state index in [1.165, 1.54) is 0 Å². The Kier molecular flexibility index (Phi) is 2.93. The first-order valence-electron chi connectivity index (χ1n) is 6.92. The van der Waals surface area contributed by atoms with Crippen LogP contribution in [0.25, 0.3) is 10.9 Å². The fraction of sp³-hybridized carbons (Fsp3) is 0.125. The lowest BCUT2D eigenvalue weighted by atomic mass is 10.2. The van der Waals surface area contributed by atoms with Gasteiger partial charge in [-0.1, -0.05) is 6.07 Å². The quantitative estimate of drug-likeness (QED) is 0.722. The summed E-state index contributed by atoms with van der Waals surface area (Å²) in [7, 11) is 0. The number of anilines is 2. The zero-order chi connectivity index (χ0) is 14.9. The van der Waals surface area contributed by atoms with E-state index < -0.39 is 0 Å². The van der Waals surface area contributed by atoms with Crippen LogP contribution in [0.2, 0.25) is 0 Å². The van der Waals surface area contributed by atoms with E-state index in [0.29, 0.717) is 12.2 Å². The van der Waals surface area contributed by atoms with E-state index in [1.54, 1.807) is 6.33 Å². The molecular formula is C16H14N4O2. The minimum Gasteiger partial charge on any atom is -0.454 e. The smallest absolute Gasteiger partial charge is 0.231 e. The molecule has 3 aromatic rings. The molecule has 0 atom stereocenters. The lowest BCUT2D eigenvalue weighted by molar-refractivity contribution is 0.174. The molecule has 6 nitrogen and oxygen atoms in total. The molecule has 1 aromatic heterocycles.